The van der Waals surface area contributed by atoms with Gasteiger partial charge < -0.3 is 5.32 Å². The summed E-state index contributed by atoms with van der Waals surface area (Å²) in [7, 11) is 0. The molecule has 0 bridgehead atoms. The predicted octanol–water partition coefficient (Wildman–Crippen LogP) is 1.04. The van der Waals surface area contributed by atoms with Gasteiger partial charge in [-0.3, -0.25) is 0 Å². The van der Waals surface area contributed by atoms with Crippen LogP contribution in [0.5, 0.6) is 0 Å². The predicted molar refractivity (Wildman–Crippen MR) is 57.8 cm³/mol. The fourth-order valence-corrected chi connectivity index (χ4v) is 1.47. The minimum Gasteiger partial charge on any atom is -0.364 e. The van der Waals surface area contributed by atoms with Crippen LogP contribution in [0.1, 0.15) is 5.82 Å². The van der Waals surface area contributed by atoms with Crippen LogP contribution in [0.2, 0.25) is 0 Å². The van der Waals surface area contributed by atoms with Crippen molar-refractivity contribution in [2.75, 3.05) is 11.9 Å². The van der Waals surface area contributed by atoms with E-state index in [4.69, 9.17) is 0 Å². The molecule has 2 aromatic rings. The Hall–Kier alpha value is -2.13. The second kappa shape index (κ2) is 4.52. The van der Waals surface area contributed by atoms with Gasteiger partial charge in [-0.25, -0.2) is 28.1 Å². The molecule has 0 unspecified atom stereocenters. The SMILES string of the molecule is Cc1nc(NCC(F)(F)C(F)F)cc2n[nH]c(=O)n12. The fourth-order valence-electron chi connectivity index (χ4n) is 1.47. The van der Waals surface area contributed by atoms with Gasteiger partial charge in [0.05, 0.1) is 6.54 Å². The van der Waals surface area contributed by atoms with Crippen molar-refractivity contribution in [2.24, 2.45) is 0 Å². The molecule has 2 heterocycles. The highest BCUT2D eigenvalue weighted by Gasteiger charge is 2.40. The van der Waals surface area contributed by atoms with E-state index in [9.17, 15) is 22.4 Å². The summed E-state index contributed by atoms with van der Waals surface area (Å²) in [6, 6.07) is 1.20. The smallest absolute Gasteiger partial charge is 0.349 e. The van der Waals surface area contributed by atoms with Gasteiger partial charge in [0.15, 0.2) is 5.65 Å². The van der Waals surface area contributed by atoms with E-state index >= 15 is 0 Å². The number of anilines is 1. The number of nitrogens with zero attached hydrogens (tertiary/aromatic N) is 3. The molecule has 0 aliphatic carbocycles. The molecule has 6 nitrogen and oxygen atoms in total. The zero-order chi connectivity index (χ0) is 14.2. The van der Waals surface area contributed by atoms with Crippen molar-refractivity contribution < 1.29 is 17.6 Å². The maximum Gasteiger partial charge on any atom is 0.349 e. The summed E-state index contributed by atoms with van der Waals surface area (Å²) >= 11 is 0. The molecular weight excluding hydrogens is 270 g/mol. The zero-order valence-corrected chi connectivity index (χ0v) is 9.62. The number of aromatic nitrogens is 4. The minimum absolute atomic E-state index is 0.0654. The largest absolute Gasteiger partial charge is 0.364 e. The van der Waals surface area contributed by atoms with Gasteiger partial charge in [0.1, 0.15) is 11.6 Å². The van der Waals surface area contributed by atoms with Crippen LogP contribution in [0.25, 0.3) is 5.65 Å². The molecule has 19 heavy (non-hydrogen) atoms. The molecule has 0 radical (unpaired) electrons. The van der Waals surface area contributed by atoms with Gasteiger partial charge in [-0.1, -0.05) is 0 Å². The van der Waals surface area contributed by atoms with Gasteiger partial charge in [-0.05, 0) is 6.92 Å². The molecule has 2 N–H and O–H groups in total. The first-order valence-electron chi connectivity index (χ1n) is 5.16. The normalized spacial score (nSPS) is 12.3. The van der Waals surface area contributed by atoms with Crippen molar-refractivity contribution in [3.05, 3.63) is 22.4 Å². The number of aryl methyl sites for hydroxylation is 1. The number of aromatic amines is 1. The third kappa shape index (κ3) is 2.51. The minimum atomic E-state index is -4.16. The van der Waals surface area contributed by atoms with E-state index in [0.29, 0.717) is 0 Å². The Bertz CT molecular complexity index is 650. The Labute approximate surface area is 103 Å². The average molecular weight is 279 g/mol. The summed E-state index contributed by atoms with van der Waals surface area (Å²) in [4.78, 5) is 15.1. The van der Waals surface area contributed by atoms with Crippen LogP contribution in [-0.4, -0.2) is 38.5 Å². The standard InChI is InChI=1S/C9H9F4N5O/c1-4-15-5(14-3-9(12,13)7(10)11)2-6-16-17-8(19)18(4)6/h2,7,14H,3H2,1H3,(H,17,19). The van der Waals surface area contributed by atoms with Crippen molar-refractivity contribution in [1.29, 1.82) is 0 Å². The summed E-state index contributed by atoms with van der Waals surface area (Å²) < 4.78 is 50.5. The van der Waals surface area contributed by atoms with Gasteiger partial charge in [0, 0.05) is 6.07 Å². The third-order valence-corrected chi connectivity index (χ3v) is 2.39. The Balaban J connectivity index is 2.25. The molecule has 0 fully saturated rings. The molecule has 2 rings (SSSR count). The molecule has 0 aliphatic heterocycles. The molecule has 2 aromatic heterocycles. The van der Waals surface area contributed by atoms with Gasteiger partial charge in [-0.2, -0.15) is 13.9 Å². The van der Waals surface area contributed by atoms with Crippen LogP contribution in [0.4, 0.5) is 23.4 Å². The van der Waals surface area contributed by atoms with Crippen LogP contribution in [-0.2, 0) is 0 Å². The maximum absolute atomic E-state index is 12.7. The summed E-state index contributed by atoms with van der Waals surface area (Å²) in [5.74, 6) is -4.03. The first kappa shape index (κ1) is 13.3. The average Bonchev–Trinajstić information content (AvgIpc) is 2.69. The number of halogens is 4. The van der Waals surface area contributed by atoms with Crippen molar-refractivity contribution in [3.8, 4) is 0 Å². The van der Waals surface area contributed by atoms with E-state index < -0.39 is 24.6 Å². The van der Waals surface area contributed by atoms with E-state index in [1.54, 1.807) is 0 Å². The van der Waals surface area contributed by atoms with Gasteiger partial charge in [-0.15, -0.1) is 0 Å². The monoisotopic (exact) mass is 279 g/mol. The van der Waals surface area contributed by atoms with E-state index in [1.807, 2.05) is 0 Å². The molecule has 0 atom stereocenters. The van der Waals surface area contributed by atoms with Gasteiger partial charge in [0.25, 0.3) is 0 Å². The van der Waals surface area contributed by atoms with Crippen LogP contribution < -0.4 is 11.0 Å². The number of fused-ring (bicyclic) bond motifs is 1. The van der Waals surface area contributed by atoms with Crippen molar-refractivity contribution in [2.45, 2.75) is 19.3 Å². The summed E-state index contributed by atoms with van der Waals surface area (Å²) in [6.45, 7) is 0.197. The van der Waals surface area contributed by atoms with Crippen molar-refractivity contribution in [1.82, 2.24) is 19.6 Å². The molecule has 10 heteroatoms. The summed E-state index contributed by atoms with van der Waals surface area (Å²) in [6.07, 6.45) is -3.77. The molecular formula is C9H9F4N5O. The Kier molecular flexibility index (Phi) is 3.16. The maximum atomic E-state index is 12.7. The van der Waals surface area contributed by atoms with Crippen molar-refractivity contribution in [3.63, 3.8) is 0 Å². The molecule has 0 spiro atoms. The highest BCUT2D eigenvalue weighted by atomic mass is 19.3. The van der Waals surface area contributed by atoms with E-state index in [0.717, 1.165) is 4.40 Å². The Morgan fingerprint density at radius 1 is 1.53 bits per heavy atom. The number of alkyl halides is 4. The first-order chi connectivity index (χ1) is 8.81. The second-order valence-corrected chi connectivity index (χ2v) is 3.83. The molecule has 104 valence electrons. The lowest BCUT2D eigenvalue weighted by molar-refractivity contribution is -0.117. The quantitative estimate of drug-likeness (QED) is 0.820. The fraction of sp³-hybridized carbons (Fsp3) is 0.444. The molecule has 0 aliphatic rings. The van der Waals surface area contributed by atoms with Crippen molar-refractivity contribution >= 4 is 11.5 Å². The zero-order valence-electron chi connectivity index (χ0n) is 9.62. The highest BCUT2D eigenvalue weighted by Crippen LogP contribution is 2.23. The lowest BCUT2D eigenvalue weighted by atomic mass is 10.3. The number of hydrogen-bond acceptors (Lipinski definition) is 4. The lowest BCUT2D eigenvalue weighted by Gasteiger charge is -2.16. The van der Waals surface area contributed by atoms with Crippen LogP contribution in [0, 0.1) is 6.92 Å². The molecule has 0 saturated heterocycles. The Morgan fingerprint density at radius 2 is 2.21 bits per heavy atom. The lowest BCUT2D eigenvalue weighted by Crippen LogP contribution is -2.35. The summed E-state index contributed by atoms with van der Waals surface area (Å²) in [5.41, 5.74) is -0.371. The highest BCUT2D eigenvalue weighted by molar-refractivity contribution is 5.49. The van der Waals surface area contributed by atoms with Crippen LogP contribution in [0.3, 0.4) is 0 Å². The van der Waals surface area contributed by atoms with E-state index in [2.05, 4.69) is 20.5 Å². The van der Waals surface area contributed by atoms with Gasteiger partial charge >= 0.3 is 18.0 Å². The molecule has 0 aromatic carbocycles. The topological polar surface area (TPSA) is 75.1 Å². The number of rotatable bonds is 4. The first-order valence-corrected chi connectivity index (χ1v) is 5.16. The number of nitrogens with one attached hydrogen (secondary N) is 2. The van der Waals surface area contributed by atoms with E-state index in [-0.39, 0.29) is 17.3 Å². The van der Waals surface area contributed by atoms with Gasteiger partial charge in [0.2, 0.25) is 0 Å². The third-order valence-electron chi connectivity index (χ3n) is 2.39. The van der Waals surface area contributed by atoms with Crippen LogP contribution in [0.15, 0.2) is 10.9 Å². The molecule has 0 amide bonds. The Morgan fingerprint density at radius 3 is 2.84 bits per heavy atom. The number of hydrogen-bond donors (Lipinski definition) is 2. The number of H-pyrrole nitrogens is 1. The summed E-state index contributed by atoms with van der Waals surface area (Å²) in [5, 5.41) is 7.88. The van der Waals surface area contributed by atoms with Crippen LogP contribution >= 0.6 is 0 Å². The van der Waals surface area contributed by atoms with E-state index in [1.165, 1.54) is 13.0 Å². The molecule has 0 saturated carbocycles. The second-order valence-electron chi connectivity index (χ2n) is 3.83.